The molecule has 7 aliphatic rings. The fourth-order valence-corrected chi connectivity index (χ4v) is 10.2. The largest absolute Gasteiger partial charge is 0.394 e. The van der Waals surface area contributed by atoms with Gasteiger partial charge in [-0.3, -0.25) is 4.79 Å². The molecule has 7 heterocycles. The molecule has 7 saturated heterocycles. The summed E-state index contributed by atoms with van der Waals surface area (Å²) in [5, 5.41) is 238. The van der Waals surface area contributed by atoms with E-state index in [0.717, 1.165) is 6.92 Å². The second-order valence-corrected chi connectivity index (χ2v) is 20.4. The Hall–Kier alpha value is -1.93. The Morgan fingerprint density at radius 2 is 0.642 bits per heavy atom. The van der Waals surface area contributed by atoms with E-state index in [2.05, 4.69) is 5.32 Å². The van der Waals surface area contributed by atoms with Crippen molar-refractivity contribution in [3.05, 3.63) is 0 Å². The van der Waals surface area contributed by atoms with Gasteiger partial charge in [0.25, 0.3) is 0 Å². The zero-order valence-electron chi connectivity index (χ0n) is 42.7. The van der Waals surface area contributed by atoms with Gasteiger partial charge in [0.1, 0.15) is 171 Å². The number of rotatable bonds is 20. The van der Waals surface area contributed by atoms with Crippen molar-refractivity contribution in [3.8, 4) is 0 Å². The van der Waals surface area contributed by atoms with E-state index in [-0.39, 0.29) is 0 Å². The first-order valence-corrected chi connectivity index (χ1v) is 25.6. The predicted octanol–water partition coefficient (Wildman–Crippen LogP) is -16.1. The number of hydrogen-bond donors (Lipinski definition) is 23. The molecular formula is C44H75NO36. The van der Waals surface area contributed by atoms with E-state index in [1.807, 2.05) is 0 Å². The van der Waals surface area contributed by atoms with Gasteiger partial charge in [-0.2, -0.15) is 0 Å². The van der Waals surface area contributed by atoms with Crippen molar-refractivity contribution in [2.24, 2.45) is 0 Å². The maximum absolute atomic E-state index is 12.0. The van der Waals surface area contributed by atoms with Gasteiger partial charge in [0, 0.05) is 6.92 Å². The molecule has 37 heteroatoms. The SMILES string of the molecule is CC(=O)N[C@@H]1[C@@H](O)[C@H](O[C@@H]2O[C@H](CO[C@H]3O[C@H](CO[C@H]4O[C@H](CO)[C@@H](O)[C@H](O)[C@@H]4O[C@H]4O[C@H](CO)[C@@H](O)[C@H](O)[C@@H]4O)[C@@H](O)[C@H](O[C@H]4O[C@H](CO)[C@@H](O)[C@H](O)[C@@H]4O)[C@@H]3O)[C@@H](O)[C@H](O[C@H]3O[C@H](CO)[C@@H](O)[C@H](O)[C@@H]3O)[C@@H]2O)[C@@H](CO)O[C@H]1O. The Morgan fingerprint density at radius 1 is 0.321 bits per heavy atom. The van der Waals surface area contributed by atoms with Crippen LogP contribution >= 0.6 is 0 Å². The number of aliphatic hydroxyl groups excluding tert-OH is 22. The number of ether oxygens (including phenoxy) is 13. The molecule has 35 atom stereocenters. The molecule has 0 aromatic rings. The standard InChI is InChI=1S/C44H75NO36/c1-9(51)45-17-24(58)34(14(6-50)71-38(17)68)78-43-33(67)36(80-41-30(64)26(60)19(53)11(3-47)73-41)23(57)16(77-43)7-69-39-32(66)35(79-40-29(63)25(59)18(52)10(2-46)72-40)22(56)15(76-39)8-70-44-37(28(62)21(55)13(5-49)75-44)81-42-31(65)27(61)20(54)12(4-48)74-42/h10-44,46-50,52-68H,2-8H2,1H3,(H,45,51)/t10-,11-,12-,13-,14-,15-,16-,17-,18-,19-,20-,21-,22-,23-,24-,25+,26+,27+,28+,29+,30+,31+,32+,33+,34-,35+,36+,37+,38-,39+,40-,41-,42-,43+,44+/m1/s1. The van der Waals surface area contributed by atoms with Crippen LogP contribution in [-0.4, -0.2) is 379 Å². The Morgan fingerprint density at radius 3 is 1.05 bits per heavy atom. The first-order valence-electron chi connectivity index (χ1n) is 25.6. The van der Waals surface area contributed by atoms with Crippen LogP contribution in [0.15, 0.2) is 0 Å². The third kappa shape index (κ3) is 14.2. The third-order valence-electron chi connectivity index (χ3n) is 14.9. The smallest absolute Gasteiger partial charge is 0.217 e. The van der Waals surface area contributed by atoms with Crippen molar-refractivity contribution in [1.82, 2.24) is 5.32 Å². The lowest BCUT2D eigenvalue weighted by Crippen LogP contribution is -2.68. The van der Waals surface area contributed by atoms with Gasteiger partial charge in [0.15, 0.2) is 44.0 Å². The molecule has 1 amide bonds. The summed E-state index contributed by atoms with van der Waals surface area (Å²) in [4.78, 5) is 12.0. The van der Waals surface area contributed by atoms with Crippen molar-refractivity contribution in [2.45, 2.75) is 222 Å². The minimum Gasteiger partial charge on any atom is -0.394 e. The lowest BCUT2D eigenvalue weighted by Gasteiger charge is -2.49. The molecule has 7 rings (SSSR count). The summed E-state index contributed by atoms with van der Waals surface area (Å²) in [5.41, 5.74) is 0. The molecule has 472 valence electrons. The summed E-state index contributed by atoms with van der Waals surface area (Å²) in [7, 11) is 0. The lowest BCUT2D eigenvalue weighted by atomic mass is 9.95. The van der Waals surface area contributed by atoms with Gasteiger partial charge in [-0.05, 0) is 0 Å². The molecule has 0 spiro atoms. The molecular weight excluding hydrogens is 1120 g/mol. The van der Waals surface area contributed by atoms with Crippen molar-refractivity contribution in [2.75, 3.05) is 46.2 Å². The van der Waals surface area contributed by atoms with E-state index in [9.17, 15) is 117 Å². The average molecular weight is 1190 g/mol. The molecule has 0 radical (unpaired) electrons. The zero-order chi connectivity index (χ0) is 59.6. The first-order chi connectivity index (χ1) is 38.3. The fraction of sp³-hybridized carbons (Fsp3) is 0.977. The third-order valence-corrected chi connectivity index (χ3v) is 14.9. The van der Waals surface area contributed by atoms with Gasteiger partial charge in [0.05, 0.1) is 46.2 Å². The maximum Gasteiger partial charge on any atom is 0.217 e. The maximum atomic E-state index is 12.0. The average Bonchev–Trinajstić information content (AvgIpc) is 3.65. The van der Waals surface area contributed by atoms with E-state index in [0.29, 0.717) is 0 Å². The van der Waals surface area contributed by atoms with Gasteiger partial charge in [-0.1, -0.05) is 0 Å². The summed E-state index contributed by atoms with van der Waals surface area (Å²) in [5.74, 6) is -0.777. The Balaban J connectivity index is 1.17. The van der Waals surface area contributed by atoms with Crippen molar-refractivity contribution in [3.63, 3.8) is 0 Å². The molecule has 7 fully saturated rings. The van der Waals surface area contributed by atoms with Gasteiger partial charge in [-0.15, -0.1) is 0 Å². The van der Waals surface area contributed by atoms with Crippen molar-refractivity contribution < 1.29 is 179 Å². The predicted molar refractivity (Wildman–Crippen MR) is 243 cm³/mol. The summed E-state index contributed by atoms with van der Waals surface area (Å²) >= 11 is 0. The van der Waals surface area contributed by atoms with E-state index < -0.39 is 267 Å². The van der Waals surface area contributed by atoms with Crippen molar-refractivity contribution in [1.29, 1.82) is 0 Å². The summed E-state index contributed by atoms with van der Waals surface area (Å²) in [6.07, 6.45) is -67.6. The Kier molecular flexibility index (Phi) is 23.6. The highest BCUT2D eigenvalue weighted by molar-refractivity contribution is 5.73. The summed E-state index contributed by atoms with van der Waals surface area (Å²) in [6, 6.07) is -1.64. The number of carbonyl (C=O) groups excluding carboxylic acids is 1. The highest BCUT2D eigenvalue weighted by Crippen LogP contribution is 2.36. The van der Waals surface area contributed by atoms with Crippen molar-refractivity contribution >= 4 is 5.91 Å². The fourth-order valence-electron chi connectivity index (χ4n) is 10.2. The summed E-state index contributed by atoms with van der Waals surface area (Å²) < 4.78 is 73.8. The van der Waals surface area contributed by atoms with E-state index >= 15 is 0 Å². The minimum atomic E-state index is -2.29. The highest BCUT2D eigenvalue weighted by atomic mass is 16.8. The van der Waals surface area contributed by atoms with E-state index in [1.165, 1.54) is 0 Å². The summed E-state index contributed by atoms with van der Waals surface area (Å²) in [6.45, 7) is -5.86. The Bertz CT molecular complexity index is 1940. The van der Waals surface area contributed by atoms with Crippen LogP contribution < -0.4 is 5.32 Å². The second-order valence-electron chi connectivity index (χ2n) is 20.4. The van der Waals surface area contributed by atoms with Crippen LogP contribution in [0.5, 0.6) is 0 Å². The highest BCUT2D eigenvalue weighted by Gasteiger charge is 2.57. The lowest BCUT2D eigenvalue weighted by molar-refractivity contribution is -0.387. The molecule has 0 bridgehead atoms. The van der Waals surface area contributed by atoms with E-state index in [1.54, 1.807) is 0 Å². The van der Waals surface area contributed by atoms with Crippen LogP contribution in [0.25, 0.3) is 0 Å². The topological polar surface area (TPSA) is 594 Å². The molecule has 0 unspecified atom stereocenters. The molecule has 0 saturated carbocycles. The molecule has 7 aliphatic heterocycles. The van der Waals surface area contributed by atoms with Crippen LogP contribution in [-0.2, 0) is 66.4 Å². The molecule has 0 aromatic heterocycles. The van der Waals surface area contributed by atoms with Crippen LogP contribution in [0, 0.1) is 0 Å². The molecule has 23 N–H and O–H groups in total. The molecule has 81 heavy (non-hydrogen) atoms. The number of hydrogen-bond acceptors (Lipinski definition) is 36. The van der Waals surface area contributed by atoms with Gasteiger partial charge in [-0.25, -0.2) is 0 Å². The quantitative estimate of drug-likeness (QED) is 0.0538. The normalized spacial score (nSPS) is 51.9. The second kappa shape index (κ2) is 28.7. The zero-order valence-corrected chi connectivity index (χ0v) is 42.7. The number of aliphatic hydroxyl groups is 22. The number of carbonyl (C=O) groups is 1. The van der Waals surface area contributed by atoms with Crippen LogP contribution in [0.2, 0.25) is 0 Å². The molecule has 37 nitrogen and oxygen atoms in total. The number of amides is 1. The van der Waals surface area contributed by atoms with Gasteiger partial charge < -0.3 is 179 Å². The van der Waals surface area contributed by atoms with Crippen LogP contribution in [0.4, 0.5) is 0 Å². The van der Waals surface area contributed by atoms with E-state index in [4.69, 9.17) is 61.6 Å². The number of nitrogens with one attached hydrogen (secondary N) is 1. The van der Waals surface area contributed by atoms with Crippen LogP contribution in [0.3, 0.4) is 0 Å². The Labute approximate surface area is 457 Å². The molecule has 0 aromatic carbocycles. The van der Waals surface area contributed by atoms with Crippen LogP contribution in [0.1, 0.15) is 6.92 Å². The van der Waals surface area contributed by atoms with Gasteiger partial charge in [0.2, 0.25) is 5.91 Å². The van der Waals surface area contributed by atoms with Gasteiger partial charge >= 0.3 is 0 Å². The monoisotopic (exact) mass is 1190 g/mol. The minimum absolute atomic E-state index is 0.777. The first kappa shape index (κ1) is 66.6. The molecule has 0 aliphatic carbocycles.